The summed E-state index contributed by atoms with van der Waals surface area (Å²) in [5.41, 5.74) is 13.2. The minimum absolute atomic E-state index is 0.0548. The molecule has 0 saturated heterocycles. The highest BCUT2D eigenvalue weighted by atomic mass is 16.1. The van der Waals surface area contributed by atoms with Gasteiger partial charge < -0.3 is 16.0 Å². The Bertz CT molecular complexity index is 222. The molecule has 3 N–H and O–H groups in total. The van der Waals surface area contributed by atoms with Crippen LogP contribution in [-0.2, 0) is 4.79 Å². The van der Waals surface area contributed by atoms with Crippen molar-refractivity contribution in [1.82, 2.24) is 10.2 Å². The fourth-order valence-electron chi connectivity index (χ4n) is 0.836. The molecule has 0 aromatic carbocycles. The first-order valence-electron chi connectivity index (χ1n) is 4.26. The molecule has 1 amide bonds. The van der Waals surface area contributed by atoms with Crippen molar-refractivity contribution in [3.63, 3.8) is 0 Å². The molecule has 0 aliphatic carbocycles. The molecule has 0 aliphatic rings. The van der Waals surface area contributed by atoms with Gasteiger partial charge in [-0.3, -0.25) is 4.79 Å². The molecule has 0 aromatic rings. The van der Waals surface area contributed by atoms with E-state index >= 15 is 0 Å². The van der Waals surface area contributed by atoms with Crippen LogP contribution in [0.2, 0.25) is 0 Å². The van der Waals surface area contributed by atoms with Crippen molar-refractivity contribution < 1.29 is 4.79 Å². The van der Waals surface area contributed by atoms with Crippen molar-refractivity contribution in [2.75, 3.05) is 33.7 Å². The molecule has 0 spiro atoms. The average molecular weight is 200 g/mol. The lowest BCUT2D eigenvalue weighted by molar-refractivity contribution is -0.119. The number of azide groups is 1. The van der Waals surface area contributed by atoms with Gasteiger partial charge in [-0.15, -0.1) is 0 Å². The van der Waals surface area contributed by atoms with Gasteiger partial charge in [0.15, 0.2) is 0 Å². The van der Waals surface area contributed by atoms with E-state index in [1.807, 2.05) is 19.0 Å². The Morgan fingerprint density at radius 2 is 2.36 bits per heavy atom. The number of nitrogens with zero attached hydrogens (tertiary/aromatic N) is 4. The molecule has 0 heterocycles. The predicted molar refractivity (Wildman–Crippen MR) is 53.6 cm³/mol. The van der Waals surface area contributed by atoms with Gasteiger partial charge in [0, 0.05) is 18.0 Å². The number of nitrogens with one attached hydrogen (secondary N) is 1. The average Bonchev–Trinajstić information content (AvgIpc) is 2.09. The SMILES string of the molecule is CN(C)CCNC(CN=[N+]=[N-])C(N)=O. The molecule has 7 nitrogen and oxygen atoms in total. The number of hydrogen-bond acceptors (Lipinski definition) is 4. The molecular formula is C7H16N6O. The van der Waals surface area contributed by atoms with Crippen molar-refractivity contribution in [2.24, 2.45) is 10.8 Å². The van der Waals surface area contributed by atoms with Crippen LogP contribution in [0.15, 0.2) is 5.11 Å². The van der Waals surface area contributed by atoms with Gasteiger partial charge in [0.25, 0.3) is 0 Å². The zero-order valence-electron chi connectivity index (χ0n) is 8.47. The number of primary amides is 1. The quantitative estimate of drug-likeness (QED) is 0.322. The van der Waals surface area contributed by atoms with Crippen molar-refractivity contribution in [3.05, 3.63) is 10.4 Å². The molecule has 0 fully saturated rings. The highest BCUT2D eigenvalue weighted by Gasteiger charge is 2.12. The Balaban J connectivity index is 3.85. The van der Waals surface area contributed by atoms with Crippen LogP contribution in [0.5, 0.6) is 0 Å². The second-order valence-electron chi connectivity index (χ2n) is 3.13. The fraction of sp³-hybridized carbons (Fsp3) is 0.857. The molecular weight excluding hydrogens is 184 g/mol. The van der Waals surface area contributed by atoms with Crippen LogP contribution in [0, 0.1) is 0 Å². The van der Waals surface area contributed by atoms with Crippen LogP contribution in [0.3, 0.4) is 0 Å². The standard InChI is InChI=1S/C7H16N6O/c1-13(2)4-3-10-6(7(8)14)5-11-12-9/h6,10H,3-5H2,1-2H3,(H2,8,14). The first-order chi connectivity index (χ1) is 6.57. The first-order valence-corrected chi connectivity index (χ1v) is 4.26. The van der Waals surface area contributed by atoms with E-state index in [2.05, 4.69) is 15.3 Å². The van der Waals surface area contributed by atoms with Gasteiger partial charge in [-0.2, -0.15) is 0 Å². The van der Waals surface area contributed by atoms with Gasteiger partial charge >= 0.3 is 0 Å². The van der Waals surface area contributed by atoms with Crippen LogP contribution in [0.4, 0.5) is 0 Å². The zero-order valence-corrected chi connectivity index (χ0v) is 8.47. The second-order valence-corrected chi connectivity index (χ2v) is 3.13. The third-order valence-corrected chi connectivity index (χ3v) is 1.62. The van der Waals surface area contributed by atoms with Crippen LogP contribution in [0.25, 0.3) is 10.4 Å². The monoisotopic (exact) mass is 200 g/mol. The summed E-state index contributed by atoms with van der Waals surface area (Å²) < 4.78 is 0. The third kappa shape index (κ3) is 6.24. The van der Waals surface area contributed by atoms with Crippen molar-refractivity contribution in [1.29, 1.82) is 0 Å². The summed E-state index contributed by atoms with van der Waals surface area (Å²) in [5, 5.41) is 6.20. The summed E-state index contributed by atoms with van der Waals surface area (Å²) in [6.45, 7) is 1.47. The van der Waals surface area contributed by atoms with Gasteiger partial charge in [-0.1, -0.05) is 5.11 Å². The Labute approximate surface area is 82.9 Å². The fourth-order valence-corrected chi connectivity index (χ4v) is 0.836. The Morgan fingerprint density at radius 3 is 2.79 bits per heavy atom. The highest BCUT2D eigenvalue weighted by Crippen LogP contribution is 1.85. The van der Waals surface area contributed by atoms with E-state index in [1.54, 1.807) is 0 Å². The van der Waals surface area contributed by atoms with Gasteiger partial charge in [0.05, 0.1) is 12.6 Å². The van der Waals surface area contributed by atoms with E-state index in [9.17, 15) is 4.79 Å². The lowest BCUT2D eigenvalue weighted by Crippen LogP contribution is -2.45. The minimum atomic E-state index is -0.578. The van der Waals surface area contributed by atoms with Crippen molar-refractivity contribution in [2.45, 2.75) is 6.04 Å². The summed E-state index contributed by atoms with van der Waals surface area (Å²) in [6, 6.07) is -0.578. The van der Waals surface area contributed by atoms with Crippen LogP contribution < -0.4 is 11.1 Å². The number of carbonyl (C=O) groups excluding carboxylic acids is 1. The molecule has 14 heavy (non-hydrogen) atoms. The Morgan fingerprint density at radius 1 is 1.71 bits per heavy atom. The molecule has 0 saturated carbocycles. The Kier molecular flexibility index (Phi) is 6.47. The molecule has 0 bridgehead atoms. The lowest BCUT2D eigenvalue weighted by Gasteiger charge is -2.15. The molecule has 0 rings (SSSR count). The number of likely N-dealkylation sites (N-methyl/N-ethyl adjacent to an activating group) is 1. The number of carbonyl (C=O) groups is 1. The van der Waals surface area contributed by atoms with Gasteiger partial charge in [0.1, 0.15) is 0 Å². The Hall–Kier alpha value is -1.30. The van der Waals surface area contributed by atoms with Crippen LogP contribution in [0.1, 0.15) is 0 Å². The van der Waals surface area contributed by atoms with Gasteiger partial charge in [-0.25, -0.2) is 0 Å². The molecule has 0 aromatic heterocycles. The normalized spacial score (nSPS) is 12.2. The van der Waals surface area contributed by atoms with Crippen molar-refractivity contribution in [3.8, 4) is 0 Å². The summed E-state index contributed by atoms with van der Waals surface area (Å²) in [4.78, 5) is 15.4. The van der Waals surface area contributed by atoms with E-state index in [0.29, 0.717) is 6.54 Å². The molecule has 7 heteroatoms. The van der Waals surface area contributed by atoms with E-state index in [4.69, 9.17) is 11.3 Å². The van der Waals surface area contributed by atoms with E-state index < -0.39 is 11.9 Å². The smallest absolute Gasteiger partial charge is 0.234 e. The molecule has 1 unspecified atom stereocenters. The van der Waals surface area contributed by atoms with E-state index in [0.717, 1.165) is 6.54 Å². The first kappa shape index (κ1) is 12.7. The van der Waals surface area contributed by atoms with E-state index in [-0.39, 0.29) is 6.54 Å². The van der Waals surface area contributed by atoms with Crippen LogP contribution >= 0.6 is 0 Å². The largest absolute Gasteiger partial charge is 0.368 e. The highest BCUT2D eigenvalue weighted by molar-refractivity contribution is 5.80. The molecule has 0 aliphatic heterocycles. The summed E-state index contributed by atoms with van der Waals surface area (Å²) in [6.07, 6.45) is 0. The maximum Gasteiger partial charge on any atom is 0.234 e. The summed E-state index contributed by atoms with van der Waals surface area (Å²) >= 11 is 0. The molecule has 80 valence electrons. The molecule has 0 radical (unpaired) electrons. The van der Waals surface area contributed by atoms with E-state index in [1.165, 1.54) is 0 Å². The van der Waals surface area contributed by atoms with Crippen molar-refractivity contribution >= 4 is 5.91 Å². The third-order valence-electron chi connectivity index (χ3n) is 1.62. The zero-order chi connectivity index (χ0) is 11.0. The lowest BCUT2D eigenvalue weighted by atomic mass is 10.3. The number of nitrogens with two attached hydrogens (primary N) is 1. The second kappa shape index (κ2) is 7.14. The maximum atomic E-state index is 10.8. The molecule has 1 atom stereocenters. The van der Waals surface area contributed by atoms with Gasteiger partial charge in [0.2, 0.25) is 5.91 Å². The predicted octanol–water partition coefficient (Wildman–Crippen LogP) is -0.698. The van der Waals surface area contributed by atoms with Crippen LogP contribution in [-0.4, -0.2) is 50.6 Å². The minimum Gasteiger partial charge on any atom is -0.368 e. The summed E-state index contributed by atoms with van der Waals surface area (Å²) in [5.74, 6) is -0.504. The summed E-state index contributed by atoms with van der Waals surface area (Å²) in [7, 11) is 3.85. The topological polar surface area (TPSA) is 107 Å². The number of hydrogen-bond donors (Lipinski definition) is 2. The number of rotatable bonds is 7. The van der Waals surface area contributed by atoms with Gasteiger partial charge in [-0.05, 0) is 19.6 Å². The number of amides is 1. The maximum absolute atomic E-state index is 10.8.